The fraction of sp³-hybridized carbons (Fsp3) is 0.263. The molecular weight excluding hydrogens is 370 g/mol. The Morgan fingerprint density at radius 3 is 2.41 bits per heavy atom. The summed E-state index contributed by atoms with van der Waals surface area (Å²) in [7, 11) is 0. The summed E-state index contributed by atoms with van der Waals surface area (Å²) in [5.41, 5.74) is 6.38. The maximum Gasteiger partial charge on any atom is 0.255 e. The monoisotopic (exact) mass is 393 g/mol. The molecule has 0 radical (unpaired) electrons. The Kier molecular flexibility index (Phi) is 9.71. The van der Waals surface area contributed by atoms with Crippen LogP contribution in [0, 0.1) is 0 Å². The highest BCUT2D eigenvalue weighted by atomic mass is 35.5. The Morgan fingerprint density at radius 1 is 1.04 bits per heavy atom. The third kappa shape index (κ3) is 7.16. The van der Waals surface area contributed by atoms with Crippen LogP contribution in [0.4, 0.5) is 5.69 Å². The number of anilines is 1. The van der Waals surface area contributed by atoms with Crippen molar-refractivity contribution in [3.63, 3.8) is 0 Å². The van der Waals surface area contributed by atoms with Crippen molar-refractivity contribution in [1.82, 2.24) is 5.32 Å². The van der Waals surface area contributed by atoms with E-state index in [4.69, 9.17) is 15.2 Å². The highest BCUT2D eigenvalue weighted by molar-refractivity contribution is 6.00. The molecule has 7 nitrogen and oxygen atoms in total. The summed E-state index contributed by atoms with van der Waals surface area (Å²) in [6, 6.07) is 13.8. The fourth-order valence-electron chi connectivity index (χ4n) is 2.21. The zero-order chi connectivity index (χ0) is 18.8. The molecule has 27 heavy (non-hydrogen) atoms. The summed E-state index contributed by atoms with van der Waals surface area (Å²) < 4.78 is 10.8. The van der Waals surface area contributed by atoms with Gasteiger partial charge in [-0.2, -0.15) is 0 Å². The van der Waals surface area contributed by atoms with Crippen molar-refractivity contribution in [3.05, 3.63) is 54.1 Å². The molecule has 0 aliphatic carbocycles. The molecule has 0 unspecified atom stereocenters. The lowest BCUT2D eigenvalue weighted by atomic mass is 10.2. The number of nitrogens with one attached hydrogen (secondary N) is 2. The third-order valence-corrected chi connectivity index (χ3v) is 3.37. The number of carbonyl (C=O) groups excluding carboxylic acids is 2. The minimum atomic E-state index is -0.366. The van der Waals surface area contributed by atoms with Gasteiger partial charge in [-0.05, 0) is 43.3 Å². The van der Waals surface area contributed by atoms with Gasteiger partial charge in [0.15, 0.2) is 0 Å². The number of rotatable bonds is 9. The Labute approximate surface area is 164 Å². The van der Waals surface area contributed by atoms with E-state index in [0.717, 1.165) is 0 Å². The molecule has 0 fully saturated rings. The quantitative estimate of drug-likeness (QED) is 0.606. The van der Waals surface area contributed by atoms with Gasteiger partial charge in [0.1, 0.15) is 18.1 Å². The van der Waals surface area contributed by atoms with Crippen LogP contribution in [0.2, 0.25) is 0 Å². The maximum absolute atomic E-state index is 12.2. The van der Waals surface area contributed by atoms with Gasteiger partial charge in [-0.15, -0.1) is 12.4 Å². The van der Waals surface area contributed by atoms with Crippen LogP contribution in [0.15, 0.2) is 48.5 Å². The van der Waals surface area contributed by atoms with Crippen molar-refractivity contribution in [2.75, 3.05) is 31.6 Å². The van der Waals surface area contributed by atoms with Crippen molar-refractivity contribution < 1.29 is 19.1 Å². The van der Waals surface area contributed by atoms with Crippen LogP contribution >= 0.6 is 12.4 Å². The lowest BCUT2D eigenvalue weighted by Gasteiger charge is -2.11. The molecule has 0 aliphatic rings. The first-order valence-electron chi connectivity index (χ1n) is 8.37. The predicted octanol–water partition coefficient (Wildman–Crippen LogP) is 2.21. The van der Waals surface area contributed by atoms with Crippen LogP contribution in [0.5, 0.6) is 11.5 Å². The van der Waals surface area contributed by atoms with Crippen LogP contribution < -0.4 is 25.8 Å². The average Bonchev–Trinajstić information content (AvgIpc) is 2.66. The van der Waals surface area contributed by atoms with Gasteiger partial charge in [-0.1, -0.05) is 12.1 Å². The highest BCUT2D eigenvalue weighted by Gasteiger charge is 2.13. The minimum Gasteiger partial charge on any atom is -0.493 e. The van der Waals surface area contributed by atoms with Crippen LogP contribution in [-0.2, 0) is 4.79 Å². The molecule has 0 atom stereocenters. The molecule has 2 rings (SSSR count). The van der Waals surface area contributed by atoms with E-state index in [0.29, 0.717) is 42.5 Å². The molecule has 146 valence electrons. The summed E-state index contributed by atoms with van der Waals surface area (Å²) in [5.74, 6) is 0.466. The van der Waals surface area contributed by atoms with E-state index in [1.807, 2.05) is 6.92 Å². The molecule has 0 aliphatic heterocycles. The zero-order valence-corrected chi connectivity index (χ0v) is 15.9. The second-order valence-electron chi connectivity index (χ2n) is 5.32. The summed E-state index contributed by atoms with van der Waals surface area (Å²) >= 11 is 0. The number of nitrogens with two attached hydrogens (primary N) is 1. The predicted molar refractivity (Wildman–Crippen MR) is 107 cm³/mol. The number of hydrogen-bond acceptors (Lipinski definition) is 5. The van der Waals surface area contributed by atoms with Crippen molar-refractivity contribution in [2.24, 2.45) is 5.73 Å². The lowest BCUT2D eigenvalue weighted by molar-refractivity contribution is -0.115. The van der Waals surface area contributed by atoms with Gasteiger partial charge in [-0.25, -0.2) is 0 Å². The van der Waals surface area contributed by atoms with Gasteiger partial charge in [0.2, 0.25) is 5.91 Å². The van der Waals surface area contributed by atoms with Gasteiger partial charge in [-0.3, -0.25) is 9.59 Å². The van der Waals surface area contributed by atoms with E-state index in [-0.39, 0.29) is 30.8 Å². The summed E-state index contributed by atoms with van der Waals surface area (Å²) in [4.78, 5) is 24.3. The summed E-state index contributed by atoms with van der Waals surface area (Å²) in [6.45, 7) is 3.01. The molecule has 2 amide bonds. The number of benzene rings is 2. The Balaban J connectivity index is 0.00000364. The second kappa shape index (κ2) is 11.8. The first kappa shape index (κ1) is 22.3. The van der Waals surface area contributed by atoms with Crippen LogP contribution in [-0.4, -0.2) is 38.1 Å². The van der Waals surface area contributed by atoms with Crippen molar-refractivity contribution in [1.29, 1.82) is 0 Å². The second-order valence-corrected chi connectivity index (χ2v) is 5.32. The molecular formula is C19H24ClN3O4. The summed E-state index contributed by atoms with van der Waals surface area (Å²) in [6.07, 6.45) is 0. The maximum atomic E-state index is 12.2. The third-order valence-electron chi connectivity index (χ3n) is 3.37. The Hall–Kier alpha value is -2.77. The molecule has 4 N–H and O–H groups in total. The van der Waals surface area contributed by atoms with Crippen LogP contribution in [0.3, 0.4) is 0 Å². The van der Waals surface area contributed by atoms with E-state index in [1.54, 1.807) is 48.5 Å². The lowest BCUT2D eigenvalue weighted by Crippen LogP contribution is -2.33. The normalized spacial score (nSPS) is 9.70. The summed E-state index contributed by atoms with van der Waals surface area (Å²) in [5, 5.41) is 5.29. The number of amides is 2. The fourth-order valence-corrected chi connectivity index (χ4v) is 2.21. The van der Waals surface area contributed by atoms with Crippen molar-refractivity contribution in [2.45, 2.75) is 6.92 Å². The Morgan fingerprint density at radius 2 is 1.74 bits per heavy atom. The van der Waals surface area contributed by atoms with Crippen LogP contribution in [0.25, 0.3) is 0 Å². The smallest absolute Gasteiger partial charge is 0.255 e. The molecule has 2 aromatic carbocycles. The largest absolute Gasteiger partial charge is 0.493 e. The van der Waals surface area contributed by atoms with Gasteiger partial charge in [0, 0.05) is 12.2 Å². The standard InChI is InChI=1S/C19H23N3O4.ClH/c1-2-25-17-6-4-3-5-16(17)19(24)21-13-18(23)22-14-7-9-15(10-8-14)26-12-11-20;/h3-10H,2,11-13,20H2,1H3,(H,21,24)(H,22,23);1H. The van der Waals surface area contributed by atoms with Crippen molar-refractivity contribution >= 4 is 29.9 Å². The SMILES string of the molecule is CCOc1ccccc1C(=O)NCC(=O)Nc1ccc(OCCN)cc1.Cl. The number of carbonyl (C=O) groups is 2. The molecule has 0 heterocycles. The van der Waals surface area contributed by atoms with E-state index in [2.05, 4.69) is 10.6 Å². The first-order valence-corrected chi connectivity index (χ1v) is 8.37. The average molecular weight is 394 g/mol. The zero-order valence-electron chi connectivity index (χ0n) is 15.1. The number of halogens is 1. The highest BCUT2D eigenvalue weighted by Crippen LogP contribution is 2.18. The van der Waals surface area contributed by atoms with E-state index < -0.39 is 0 Å². The van der Waals surface area contributed by atoms with Crippen LogP contribution in [0.1, 0.15) is 17.3 Å². The molecule has 0 saturated carbocycles. The molecule has 0 saturated heterocycles. The van der Waals surface area contributed by atoms with E-state index in [1.165, 1.54) is 0 Å². The van der Waals surface area contributed by atoms with Gasteiger partial charge in [0.05, 0.1) is 18.7 Å². The van der Waals surface area contributed by atoms with E-state index >= 15 is 0 Å². The van der Waals surface area contributed by atoms with Gasteiger partial charge in [0.25, 0.3) is 5.91 Å². The molecule has 0 spiro atoms. The number of hydrogen-bond donors (Lipinski definition) is 3. The number of para-hydroxylation sites is 1. The van der Waals surface area contributed by atoms with Gasteiger partial charge >= 0.3 is 0 Å². The topological polar surface area (TPSA) is 103 Å². The molecule has 0 aromatic heterocycles. The Bertz CT molecular complexity index is 738. The molecule has 2 aromatic rings. The minimum absolute atomic E-state index is 0. The molecule has 8 heteroatoms. The first-order chi connectivity index (χ1) is 12.6. The molecule has 0 bridgehead atoms. The van der Waals surface area contributed by atoms with E-state index in [9.17, 15) is 9.59 Å². The number of ether oxygens (including phenoxy) is 2. The van der Waals surface area contributed by atoms with Crippen molar-refractivity contribution in [3.8, 4) is 11.5 Å². The van der Waals surface area contributed by atoms with Gasteiger partial charge < -0.3 is 25.8 Å².